The van der Waals surface area contributed by atoms with Gasteiger partial charge in [0.05, 0.1) is 17.4 Å². The van der Waals surface area contributed by atoms with Gasteiger partial charge in [-0.3, -0.25) is 0 Å². The van der Waals surface area contributed by atoms with Crippen molar-refractivity contribution in [1.82, 2.24) is 9.78 Å². The van der Waals surface area contributed by atoms with Gasteiger partial charge in [0.2, 0.25) is 0 Å². The second kappa shape index (κ2) is 5.42. The molecule has 4 nitrogen and oxygen atoms in total. The summed E-state index contributed by atoms with van der Waals surface area (Å²) in [5, 5.41) is 3.65. The maximum Gasteiger partial charge on any atom is 0.494 e. The van der Waals surface area contributed by atoms with Gasteiger partial charge >= 0.3 is 13.7 Å². The molecule has 0 N–H and O–H groups in total. The molecule has 0 aliphatic carbocycles. The Kier molecular flexibility index (Phi) is 3.81. The zero-order chi connectivity index (χ0) is 16.8. The first-order valence-corrected chi connectivity index (χ1v) is 7.48. The summed E-state index contributed by atoms with van der Waals surface area (Å²) in [6.07, 6.45) is 2.75. The smallest absolute Gasteiger partial charge is 0.399 e. The molecule has 0 atom stereocenters. The Morgan fingerprint density at radius 2 is 1.57 bits per heavy atom. The van der Waals surface area contributed by atoms with Crippen molar-refractivity contribution in [3.8, 4) is 11.1 Å². The van der Waals surface area contributed by atoms with Gasteiger partial charge in [-0.05, 0) is 38.7 Å². The van der Waals surface area contributed by atoms with E-state index < -0.39 is 24.9 Å². The van der Waals surface area contributed by atoms with E-state index in [4.69, 9.17) is 9.31 Å². The van der Waals surface area contributed by atoms with Gasteiger partial charge in [-0.15, -0.1) is 0 Å². The summed E-state index contributed by atoms with van der Waals surface area (Å²) < 4.78 is 37.8. The van der Waals surface area contributed by atoms with Gasteiger partial charge in [0, 0.05) is 11.8 Å². The van der Waals surface area contributed by atoms with Crippen LogP contribution in [0.3, 0.4) is 0 Å². The molecule has 1 aliphatic heterocycles. The highest BCUT2D eigenvalue weighted by Gasteiger charge is 2.51. The fourth-order valence-corrected chi connectivity index (χ4v) is 2.41. The van der Waals surface area contributed by atoms with Crippen molar-refractivity contribution in [2.45, 2.75) is 45.4 Å². The van der Waals surface area contributed by atoms with E-state index in [1.807, 2.05) is 52.0 Å². The number of benzene rings is 1. The van der Waals surface area contributed by atoms with Gasteiger partial charge in [0.25, 0.3) is 0 Å². The number of halogens is 2. The predicted molar refractivity (Wildman–Crippen MR) is 84.6 cm³/mol. The molecule has 3 rings (SSSR count). The lowest BCUT2D eigenvalue weighted by molar-refractivity contribution is 0.00578. The fraction of sp³-hybridized carbons (Fsp3) is 0.438. The second-order valence-corrected chi connectivity index (χ2v) is 6.70. The van der Waals surface area contributed by atoms with Crippen LogP contribution in [-0.2, 0) is 9.31 Å². The van der Waals surface area contributed by atoms with E-state index in [1.54, 1.807) is 0 Å². The van der Waals surface area contributed by atoms with Crippen LogP contribution in [0.4, 0.5) is 8.78 Å². The van der Waals surface area contributed by atoms with Crippen molar-refractivity contribution >= 4 is 12.6 Å². The zero-order valence-electron chi connectivity index (χ0n) is 13.6. The van der Waals surface area contributed by atoms with Crippen LogP contribution in [-0.4, -0.2) is 28.1 Å². The average Bonchev–Trinajstić information content (AvgIpc) is 3.03. The largest absolute Gasteiger partial charge is 0.494 e. The van der Waals surface area contributed by atoms with Crippen LogP contribution in [0, 0.1) is 0 Å². The summed E-state index contributed by atoms with van der Waals surface area (Å²) in [7, 11) is -0.433. The first-order chi connectivity index (χ1) is 10.7. The van der Waals surface area contributed by atoms with E-state index in [-0.39, 0.29) is 0 Å². The maximum atomic E-state index is 12.6. The van der Waals surface area contributed by atoms with Crippen molar-refractivity contribution in [2.75, 3.05) is 0 Å². The van der Waals surface area contributed by atoms with Gasteiger partial charge in [0.1, 0.15) is 0 Å². The van der Waals surface area contributed by atoms with Crippen LogP contribution in [0.15, 0.2) is 36.7 Å². The van der Waals surface area contributed by atoms with E-state index in [0.29, 0.717) is 10.2 Å². The number of rotatable bonds is 3. The lowest BCUT2D eigenvalue weighted by atomic mass is 9.78. The number of hydrogen-bond acceptors (Lipinski definition) is 3. The molecule has 1 aliphatic rings. The maximum absolute atomic E-state index is 12.6. The zero-order valence-corrected chi connectivity index (χ0v) is 13.6. The molecule has 1 aromatic heterocycles. The molecule has 7 heteroatoms. The minimum Gasteiger partial charge on any atom is -0.399 e. The Labute approximate surface area is 134 Å². The van der Waals surface area contributed by atoms with Crippen LogP contribution in [0.2, 0.25) is 0 Å². The molecule has 1 saturated heterocycles. The Morgan fingerprint density at radius 1 is 1.00 bits per heavy atom. The third kappa shape index (κ3) is 2.91. The minimum absolute atomic E-state index is 0.394. The number of aromatic nitrogens is 2. The number of nitrogens with zero attached hydrogens (tertiary/aromatic N) is 2. The van der Waals surface area contributed by atoms with Gasteiger partial charge < -0.3 is 9.31 Å². The average molecular weight is 320 g/mol. The van der Waals surface area contributed by atoms with Crippen LogP contribution in [0.1, 0.15) is 34.2 Å². The van der Waals surface area contributed by atoms with Gasteiger partial charge in [-0.2, -0.15) is 13.9 Å². The molecule has 0 radical (unpaired) electrons. The van der Waals surface area contributed by atoms with Crippen molar-refractivity contribution < 1.29 is 18.1 Å². The van der Waals surface area contributed by atoms with Gasteiger partial charge in [0.15, 0.2) is 0 Å². The molecular weight excluding hydrogens is 301 g/mol. The molecule has 0 saturated carbocycles. The van der Waals surface area contributed by atoms with Crippen molar-refractivity contribution in [3.05, 3.63) is 36.7 Å². The molecular formula is C16H19BF2N2O2. The molecule has 23 heavy (non-hydrogen) atoms. The summed E-state index contributed by atoms with van der Waals surface area (Å²) >= 11 is 0. The van der Waals surface area contributed by atoms with Crippen LogP contribution in [0.25, 0.3) is 11.1 Å². The summed E-state index contributed by atoms with van der Waals surface area (Å²) in [4.78, 5) is 0. The third-order valence-electron chi connectivity index (χ3n) is 4.57. The van der Waals surface area contributed by atoms with Crippen molar-refractivity contribution in [2.24, 2.45) is 0 Å². The summed E-state index contributed by atoms with van der Waals surface area (Å²) in [6.45, 7) is 5.37. The first-order valence-electron chi connectivity index (χ1n) is 7.48. The second-order valence-electron chi connectivity index (χ2n) is 6.70. The molecule has 0 bridgehead atoms. The lowest BCUT2D eigenvalue weighted by Gasteiger charge is -2.32. The highest BCUT2D eigenvalue weighted by Crippen LogP contribution is 2.36. The quantitative estimate of drug-likeness (QED) is 0.815. The SMILES string of the molecule is CC1(C)OB(c2ccc(-c3cnn(C(F)F)c3)cc2)OC1(C)C. The Hall–Kier alpha value is -1.73. The van der Waals surface area contributed by atoms with Crippen LogP contribution < -0.4 is 5.46 Å². The first kappa shape index (κ1) is 16.1. The molecule has 2 aromatic rings. The summed E-state index contributed by atoms with van der Waals surface area (Å²) in [6, 6.07) is 7.48. The third-order valence-corrected chi connectivity index (χ3v) is 4.57. The molecule has 0 unspecified atom stereocenters. The normalized spacial score (nSPS) is 19.5. The van der Waals surface area contributed by atoms with E-state index >= 15 is 0 Å². The van der Waals surface area contributed by atoms with E-state index in [2.05, 4.69) is 5.10 Å². The standard InChI is InChI=1S/C16H19BF2N2O2/c1-15(2)16(3,4)23-17(22-15)13-7-5-11(6-8-13)12-9-20-21(10-12)14(18)19/h5-10,14H,1-4H3. The summed E-state index contributed by atoms with van der Waals surface area (Å²) in [5.41, 5.74) is 1.57. The Bertz CT molecular complexity index is 682. The number of alkyl halides is 2. The van der Waals surface area contributed by atoms with E-state index in [1.165, 1.54) is 12.4 Å². The predicted octanol–water partition coefficient (Wildman–Crippen LogP) is 3.24. The molecule has 1 aromatic carbocycles. The molecule has 0 spiro atoms. The van der Waals surface area contributed by atoms with Gasteiger partial charge in [-0.25, -0.2) is 4.68 Å². The fourth-order valence-electron chi connectivity index (χ4n) is 2.41. The van der Waals surface area contributed by atoms with Crippen molar-refractivity contribution in [3.63, 3.8) is 0 Å². The van der Waals surface area contributed by atoms with Crippen LogP contribution >= 0.6 is 0 Å². The molecule has 2 heterocycles. The molecule has 122 valence electrons. The Morgan fingerprint density at radius 3 is 2.04 bits per heavy atom. The van der Waals surface area contributed by atoms with E-state index in [9.17, 15) is 8.78 Å². The number of hydrogen-bond donors (Lipinski definition) is 0. The lowest BCUT2D eigenvalue weighted by Crippen LogP contribution is -2.41. The highest BCUT2D eigenvalue weighted by atomic mass is 19.3. The van der Waals surface area contributed by atoms with Crippen molar-refractivity contribution in [1.29, 1.82) is 0 Å². The molecule has 0 amide bonds. The van der Waals surface area contributed by atoms with Gasteiger partial charge in [-0.1, -0.05) is 24.3 Å². The highest BCUT2D eigenvalue weighted by molar-refractivity contribution is 6.62. The van der Waals surface area contributed by atoms with E-state index in [0.717, 1.165) is 11.0 Å². The Balaban J connectivity index is 1.80. The molecule has 1 fully saturated rings. The van der Waals surface area contributed by atoms with Crippen LogP contribution in [0.5, 0.6) is 0 Å². The monoisotopic (exact) mass is 320 g/mol. The summed E-state index contributed by atoms with van der Waals surface area (Å²) in [5.74, 6) is 0. The topological polar surface area (TPSA) is 36.3 Å². The minimum atomic E-state index is -2.63.